The van der Waals surface area contributed by atoms with Crippen LogP contribution in [0.1, 0.15) is 6.92 Å². The van der Waals surface area contributed by atoms with Crippen LogP contribution < -0.4 is 5.32 Å². The van der Waals surface area contributed by atoms with Gasteiger partial charge in [0.05, 0.1) is 11.0 Å². The molecule has 0 aliphatic rings. The number of anilines is 1. The minimum Gasteiger partial charge on any atom is -0.367 e. The molecule has 0 aliphatic carbocycles. The third-order valence-electron chi connectivity index (χ3n) is 2.53. The van der Waals surface area contributed by atoms with Crippen molar-refractivity contribution in [2.24, 2.45) is 0 Å². The maximum absolute atomic E-state index is 13.2. The lowest BCUT2D eigenvalue weighted by molar-refractivity contribution is 0.629. The second-order valence-corrected chi connectivity index (χ2v) is 3.65. The highest BCUT2D eigenvalue weighted by Crippen LogP contribution is 2.20. The van der Waals surface area contributed by atoms with Gasteiger partial charge in [0.2, 0.25) is 5.65 Å². The zero-order valence-electron chi connectivity index (χ0n) is 9.18. The van der Waals surface area contributed by atoms with Crippen LogP contribution in [0.25, 0.3) is 16.7 Å². The summed E-state index contributed by atoms with van der Waals surface area (Å²) in [4.78, 5) is 4.41. The topological polar surface area (TPSA) is 55.1 Å². The molecule has 5 nitrogen and oxygen atoms in total. The molecule has 1 N–H and O–H groups in total. The van der Waals surface area contributed by atoms with Crippen LogP contribution >= 0.6 is 0 Å². The fourth-order valence-electron chi connectivity index (χ4n) is 1.81. The molecule has 86 valence electrons. The van der Waals surface area contributed by atoms with E-state index < -0.39 is 0 Å². The van der Waals surface area contributed by atoms with Crippen molar-refractivity contribution >= 4 is 22.5 Å². The number of aromatic nitrogens is 4. The Labute approximate surface area is 96.3 Å². The Morgan fingerprint density at radius 1 is 1.41 bits per heavy atom. The standard InChI is InChI=1S/C11H10FN5/c1-2-13-10-11-16-14-6-17(11)9-5-7(12)3-4-8(9)15-10/h3-6H,2H2,1H3,(H,13,15). The molecule has 0 amide bonds. The molecule has 0 unspecified atom stereocenters. The number of rotatable bonds is 2. The lowest BCUT2D eigenvalue weighted by atomic mass is 10.3. The van der Waals surface area contributed by atoms with Crippen molar-refractivity contribution in [1.82, 2.24) is 19.6 Å². The van der Waals surface area contributed by atoms with Gasteiger partial charge in [-0.25, -0.2) is 9.37 Å². The van der Waals surface area contributed by atoms with Crippen molar-refractivity contribution in [2.45, 2.75) is 6.92 Å². The molecule has 2 aromatic heterocycles. The molecule has 0 atom stereocenters. The van der Waals surface area contributed by atoms with Crippen molar-refractivity contribution in [3.05, 3.63) is 30.3 Å². The number of hydrogen-bond acceptors (Lipinski definition) is 4. The van der Waals surface area contributed by atoms with Gasteiger partial charge in [0.25, 0.3) is 0 Å². The van der Waals surface area contributed by atoms with Crippen LogP contribution in [0.4, 0.5) is 10.2 Å². The summed E-state index contributed by atoms with van der Waals surface area (Å²) in [6.45, 7) is 2.71. The minimum atomic E-state index is -0.300. The Morgan fingerprint density at radius 2 is 2.29 bits per heavy atom. The molecule has 6 heteroatoms. The molecule has 0 saturated carbocycles. The molecular formula is C11H10FN5. The SMILES string of the molecule is CCNc1nc2ccc(F)cc2n2cnnc12. The molecule has 17 heavy (non-hydrogen) atoms. The van der Waals surface area contributed by atoms with Gasteiger partial charge < -0.3 is 5.32 Å². The van der Waals surface area contributed by atoms with Crippen molar-refractivity contribution in [2.75, 3.05) is 11.9 Å². The molecule has 3 rings (SSSR count). The maximum Gasteiger partial charge on any atom is 0.203 e. The Balaban J connectivity index is 2.42. The van der Waals surface area contributed by atoms with Crippen LogP contribution in [-0.2, 0) is 0 Å². The van der Waals surface area contributed by atoms with Crippen molar-refractivity contribution in [1.29, 1.82) is 0 Å². The van der Waals surface area contributed by atoms with Crippen LogP contribution in [0.2, 0.25) is 0 Å². The summed E-state index contributed by atoms with van der Waals surface area (Å²) in [5.41, 5.74) is 1.96. The van der Waals surface area contributed by atoms with Crippen LogP contribution in [0.3, 0.4) is 0 Å². The summed E-state index contributed by atoms with van der Waals surface area (Å²) < 4.78 is 14.9. The maximum atomic E-state index is 13.2. The van der Waals surface area contributed by atoms with E-state index in [1.54, 1.807) is 16.8 Å². The monoisotopic (exact) mass is 231 g/mol. The molecule has 2 heterocycles. The fourth-order valence-corrected chi connectivity index (χ4v) is 1.81. The first-order chi connectivity index (χ1) is 8.29. The van der Waals surface area contributed by atoms with Gasteiger partial charge in [-0.1, -0.05) is 0 Å². The van der Waals surface area contributed by atoms with E-state index in [9.17, 15) is 4.39 Å². The summed E-state index contributed by atoms with van der Waals surface area (Å²) >= 11 is 0. The zero-order chi connectivity index (χ0) is 11.8. The summed E-state index contributed by atoms with van der Waals surface area (Å²) in [5.74, 6) is 0.356. The first kappa shape index (κ1) is 9.95. The highest BCUT2D eigenvalue weighted by molar-refractivity contribution is 5.82. The molecule has 3 aromatic rings. The number of hydrogen-bond donors (Lipinski definition) is 1. The Kier molecular flexibility index (Phi) is 2.14. The number of nitrogens with one attached hydrogen (secondary N) is 1. The van der Waals surface area contributed by atoms with E-state index in [1.165, 1.54) is 12.1 Å². The van der Waals surface area contributed by atoms with Gasteiger partial charge >= 0.3 is 0 Å². The number of fused-ring (bicyclic) bond motifs is 3. The summed E-state index contributed by atoms with van der Waals surface area (Å²) in [7, 11) is 0. The van der Waals surface area contributed by atoms with E-state index in [0.717, 1.165) is 6.54 Å². The van der Waals surface area contributed by atoms with E-state index in [1.807, 2.05) is 6.92 Å². The lowest BCUT2D eigenvalue weighted by Gasteiger charge is -2.07. The highest BCUT2D eigenvalue weighted by Gasteiger charge is 2.09. The molecule has 0 radical (unpaired) electrons. The van der Waals surface area contributed by atoms with Crippen molar-refractivity contribution in [3.63, 3.8) is 0 Å². The molecule has 1 aromatic carbocycles. The Hall–Kier alpha value is -2.24. The van der Waals surface area contributed by atoms with Crippen molar-refractivity contribution < 1.29 is 4.39 Å². The number of benzene rings is 1. The highest BCUT2D eigenvalue weighted by atomic mass is 19.1. The zero-order valence-corrected chi connectivity index (χ0v) is 9.18. The van der Waals surface area contributed by atoms with Gasteiger partial charge in [-0.2, -0.15) is 0 Å². The van der Waals surface area contributed by atoms with Gasteiger partial charge in [0, 0.05) is 12.6 Å². The lowest BCUT2D eigenvalue weighted by Crippen LogP contribution is -2.03. The molecule has 0 fully saturated rings. The fraction of sp³-hybridized carbons (Fsp3) is 0.182. The smallest absolute Gasteiger partial charge is 0.203 e. The normalized spacial score (nSPS) is 11.2. The second kappa shape index (κ2) is 3.65. The molecule has 0 aliphatic heterocycles. The Bertz CT molecular complexity index is 691. The first-order valence-electron chi connectivity index (χ1n) is 5.32. The summed E-state index contributed by atoms with van der Waals surface area (Å²) in [6.07, 6.45) is 1.56. The summed E-state index contributed by atoms with van der Waals surface area (Å²) in [5, 5.41) is 10.9. The third-order valence-corrected chi connectivity index (χ3v) is 2.53. The third kappa shape index (κ3) is 1.49. The Morgan fingerprint density at radius 3 is 3.12 bits per heavy atom. The quantitative estimate of drug-likeness (QED) is 0.731. The average Bonchev–Trinajstić information content (AvgIpc) is 2.80. The van der Waals surface area contributed by atoms with Crippen LogP contribution in [0.5, 0.6) is 0 Å². The molecule has 0 saturated heterocycles. The minimum absolute atomic E-state index is 0.300. The van der Waals surface area contributed by atoms with E-state index in [0.29, 0.717) is 22.5 Å². The largest absolute Gasteiger partial charge is 0.367 e. The van der Waals surface area contributed by atoms with E-state index in [4.69, 9.17) is 0 Å². The van der Waals surface area contributed by atoms with Crippen molar-refractivity contribution in [3.8, 4) is 0 Å². The second-order valence-electron chi connectivity index (χ2n) is 3.65. The van der Waals surface area contributed by atoms with E-state index in [-0.39, 0.29) is 5.82 Å². The molecule has 0 bridgehead atoms. The van der Waals surface area contributed by atoms with Crippen LogP contribution in [-0.4, -0.2) is 26.1 Å². The molecule has 0 spiro atoms. The van der Waals surface area contributed by atoms with Crippen LogP contribution in [0, 0.1) is 5.82 Å². The van der Waals surface area contributed by atoms with E-state index >= 15 is 0 Å². The predicted octanol–water partition coefficient (Wildman–Crippen LogP) is 1.85. The predicted molar refractivity (Wildman–Crippen MR) is 62.4 cm³/mol. The van der Waals surface area contributed by atoms with Gasteiger partial charge in [0.1, 0.15) is 12.1 Å². The number of nitrogens with zero attached hydrogens (tertiary/aromatic N) is 4. The van der Waals surface area contributed by atoms with Gasteiger partial charge in [0.15, 0.2) is 5.82 Å². The average molecular weight is 231 g/mol. The first-order valence-corrected chi connectivity index (χ1v) is 5.32. The van der Waals surface area contributed by atoms with E-state index in [2.05, 4.69) is 20.5 Å². The van der Waals surface area contributed by atoms with Gasteiger partial charge in [-0.3, -0.25) is 4.40 Å². The number of halogens is 1. The molecular weight excluding hydrogens is 221 g/mol. The van der Waals surface area contributed by atoms with Gasteiger partial charge in [-0.05, 0) is 19.1 Å². The van der Waals surface area contributed by atoms with Gasteiger partial charge in [-0.15, -0.1) is 10.2 Å². The summed E-state index contributed by atoms with van der Waals surface area (Å²) in [6, 6.07) is 4.46. The van der Waals surface area contributed by atoms with Crippen LogP contribution in [0.15, 0.2) is 24.5 Å².